The number of amides is 2. The SMILES string of the molecule is O=C(Nc1ccccc1F)N1CCC(CN2CCOCC2)CC1. The molecule has 2 amide bonds. The number of nitrogens with zero attached hydrogens (tertiary/aromatic N) is 2. The fourth-order valence-electron chi connectivity index (χ4n) is 3.22. The zero-order chi connectivity index (χ0) is 16.1. The molecule has 2 aliphatic rings. The van der Waals surface area contributed by atoms with Crippen molar-refractivity contribution < 1.29 is 13.9 Å². The molecular formula is C17H24FN3O2. The van der Waals surface area contributed by atoms with Crippen LogP contribution in [0.25, 0.3) is 0 Å². The molecule has 2 fully saturated rings. The van der Waals surface area contributed by atoms with E-state index >= 15 is 0 Å². The lowest BCUT2D eigenvalue weighted by Crippen LogP contribution is -2.45. The zero-order valence-electron chi connectivity index (χ0n) is 13.3. The van der Waals surface area contributed by atoms with Gasteiger partial charge in [0.2, 0.25) is 0 Å². The molecule has 0 bridgehead atoms. The van der Waals surface area contributed by atoms with Crippen molar-refractivity contribution in [2.75, 3.05) is 51.3 Å². The van der Waals surface area contributed by atoms with Gasteiger partial charge in [0.25, 0.3) is 0 Å². The van der Waals surface area contributed by atoms with Crippen molar-refractivity contribution in [1.29, 1.82) is 0 Å². The summed E-state index contributed by atoms with van der Waals surface area (Å²) in [5, 5.41) is 2.66. The molecule has 3 rings (SSSR count). The number of carbonyl (C=O) groups is 1. The number of benzene rings is 1. The monoisotopic (exact) mass is 321 g/mol. The Morgan fingerprint density at radius 3 is 2.57 bits per heavy atom. The van der Waals surface area contributed by atoms with Gasteiger partial charge in [-0.2, -0.15) is 0 Å². The van der Waals surface area contributed by atoms with Crippen molar-refractivity contribution in [2.24, 2.45) is 5.92 Å². The van der Waals surface area contributed by atoms with Gasteiger partial charge in [0.1, 0.15) is 5.82 Å². The first kappa shape index (κ1) is 16.2. The predicted octanol–water partition coefficient (Wildman–Crippen LogP) is 2.40. The molecule has 5 nitrogen and oxygen atoms in total. The highest BCUT2D eigenvalue weighted by molar-refractivity contribution is 5.89. The van der Waals surface area contributed by atoms with E-state index in [1.54, 1.807) is 23.1 Å². The Balaban J connectivity index is 1.45. The highest BCUT2D eigenvalue weighted by Crippen LogP contribution is 2.20. The molecule has 23 heavy (non-hydrogen) atoms. The Kier molecular flexibility index (Phi) is 5.46. The molecule has 2 aliphatic heterocycles. The Morgan fingerprint density at radius 1 is 1.17 bits per heavy atom. The van der Waals surface area contributed by atoms with Gasteiger partial charge in [-0.1, -0.05) is 12.1 Å². The summed E-state index contributed by atoms with van der Waals surface area (Å²) in [6.07, 6.45) is 2.00. The van der Waals surface area contributed by atoms with E-state index in [0.29, 0.717) is 5.92 Å². The number of hydrogen-bond acceptors (Lipinski definition) is 3. The summed E-state index contributed by atoms with van der Waals surface area (Å²) in [4.78, 5) is 16.5. The summed E-state index contributed by atoms with van der Waals surface area (Å²) >= 11 is 0. The lowest BCUT2D eigenvalue weighted by atomic mass is 9.96. The standard InChI is InChI=1S/C17H24FN3O2/c18-15-3-1-2-4-16(15)19-17(22)21-7-5-14(6-8-21)13-20-9-11-23-12-10-20/h1-4,14H,5-13H2,(H,19,22). The number of halogens is 1. The van der Waals surface area contributed by atoms with Crippen LogP contribution in [0.15, 0.2) is 24.3 Å². The van der Waals surface area contributed by atoms with Gasteiger partial charge in [-0.15, -0.1) is 0 Å². The minimum atomic E-state index is -0.400. The first-order valence-electron chi connectivity index (χ1n) is 8.33. The molecule has 1 aromatic carbocycles. The van der Waals surface area contributed by atoms with Crippen LogP contribution in [0.3, 0.4) is 0 Å². The largest absolute Gasteiger partial charge is 0.379 e. The van der Waals surface area contributed by atoms with Crippen LogP contribution in [0, 0.1) is 11.7 Å². The molecule has 0 unspecified atom stereocenters. The number of morpholine rings is 1. The summed E-state index contributed by atoms with van der Waals surface area (Å²) in [7, 11) is 0. The molecule has 0 radical (unpaired) electrons. The lowest BCUT2D eigenvalue weighted by Gasteiger charge is -2.36. The van der Waals surface area contributed by atoms with Crippen LogP contribution in [-0.4, -0.2) is 61.8 Å². The molecule has 6 heteroatoms. The molecule has 2 saturated heterocycles. The fraction of sp³-hybridized carbons (Fsp3) is 0.588. The number of para-hydroxylation sites is 1. The van der Waals surface area contributed by atoms with E-state index in [4.69, 9.17) is 4.74 Å². The molecular weight excluding hydrogens is 297 g/mol. The van der Waals surface area contributed by atoms with Gasteiger partial charge in [-0.25, -0.2) is 9.18 Å². The number of hydrogen-bond donors (Lipinski definition) is 1. The summed E-state index contributed by atoms with van der Waals surface area (Å²) in [6.45, 7) is 6.21. The van der Waals surface area contributed by atoms with E-state index < -0.39 is 5.82 Å². The van der Waals surface area contributed by atoms with Gasteiger partial charge in [0, 0.05) is 32.7 Å². The number of piperidine rings is 1. The second-order valence-corrected chi connectivity index (χ2v) is 6.25. The van der Waals surface area contributed by atoms with Gasteiger partial charge in [0.05, 0.1) is 18.9 Å². The number of urea groups is 1. The quantitative estimate of drug-likeness (QED) is 0.930. The van der Waals surface area contributed by atoms with Gasteiger partial charge < -0.3 is 15.0 Å². The Bertz CT molecular complexity index is 526. The fourth-order valence-corrected chi connectivity index (χ4v) is 3.22. The molecule has 0 spiro atoms. The van der Waals surface area contributed by atoms with E-state index in [-0.39, 0.29) is 11.7 Å². The maximum Gasteiger partial charge on any atom is 0.321 e. The molecule has 1 N–H and O–H groups in total. The molecule has 0 saturated carbocycles. The lowest BCUT2D eigenvalue weighted by molar-refractivity contribution is 0.0260. The number of likely N-dealkylation sites (tertiary alicyclic amines) is 1. The first-order chi connectivity index (χ1) is 11.2. The van der Waals surface area contributed by atoms with E-state index in [2.05, 4.69) is 10.2 Å². The van der Waals surface area contributed by atoms with Crippen molar-refractivity contribution in [3.8, 4) is 0 Å². The Morgan fingerprint density at radius 2 is 1.87 bits per heavy atom. The summed E-state index contributed by atoms with van der Waals surface area (Å²) in [5.41, 5.74) is 0.243. The van der Waals surface area contributed by atoms with Crippen molar-refractivity contribution in [1.82, 2.24) is 9.80 Å². The van der Waals surface area contributed by atoms with Crippen molar-refractivity contribution in [3.05, 3.63) is 30.1 Å². The number of anilines is 1. The number of rotatable bonds is 3. The number of carbonyl (C=O) groups excluding carboxylic acids is 1. The summed E-state index contributed by atoms with van der Waals surface area (Å²) in [5.74, 6) is 0.230. The molecule has 1 aromatic rings. The van der Waals surface area contributed by atoms with Gasteiger partial charge in [-0.3, -0.25) is 4.90 Å². The molecule has 0 aliphatic carbocycles. The smallest absolute Gasteiger partial charge is 0.321 e. The zero-order valence-corrected chi connectivity index (χ0v) is 13.3. The van der Waals surface area contributed by atoms with Crippen molar-refractivity contribution in [3.63, 3.8) is 0 Å². The minimum Gasteiger partial charge on any atom is -0.379 e. The van der Waals surface area contributed by atoms with Crippen molar-refractivity contribution in [2.45, 2.75) is 12.8 Å². The Labute approximate surface area is 136 Å². The number of nitrogens with one attached hydrogen (secondary N) is 1. The molecule has 2 heterocycles. The predicted molar refractivity (Wildman–Crippen MR) is 87.0 cm³/mol. The summed E-state index contributed by atoms with van der Waals surface area (Å²) < 4.78 is 19.0. The van der Waals surface area contributed by atoms with Gasteiger partial charge >= 0.3 is 6.03 Å². The summed E-state index contributed by atoms with van der Waals surface area (Å²) in [6, 6.07) is 6.05. The van der Waals surface area contributed by atoms with Crippen LogP contribution in [0.1, 0.15) is 12.8 Å². The highest BCUT2D eigenvalue weighted by atomic mass is 19.1. The third-order valence-electron chi connectivity index (χ3n) is 4.64. The van der Waals surface area contributed by atoms with Crippen LogP contribution in [0.4, 0.5) is 14.9 Å². The van der Waals surface area contributed by atoms with Crippen LogP contribution in [0.5, 0.6) is 0 Å². The first-order valence-corrected chi connectivity index (χ1v) is 8.33. The molecule has 0 atom stereocenters. The Hall–Kier alpha value is -1.66. The van der Waals surface area contributed by atoms with E-state index in [9.17, 15) is 9.18 Å². The second-order valence-electron chi connectivity index (χ2n) is 6.25. The molecule has 126 valence electrons. The van der Waals surface area contributed by atoms with Crippen molar-refractivity contribution >= 4 is 11.7 Å². The van der Waals surface area contributed by atoms with Crippen LogP contribution >= 0.6 is 0 Å². The average molecular weight is 321 g/mol. The average Bonchev–Trinajstić information content (AvgIpc) is 2.58. The van der Waals surface area contributed by atoms with E-state index in [1.807, 2.05) is 0 Å². The normalized spacial score (nSPS) is 20.5. The van der Waals surface area contributed by atoms with Crippen LogP contribution < -0.4 is 5.32 Å². The third-order valence-corrected chi connectivity index (χ3v) is 4.64. The maximum absolute atomic E-state index is 13.6. The van der Waals surface area contributed by atoms with Gasteiger partial charge in [0.15, 0.2) is 0 Å². The minimum absolute atomic E-state index is 0.208. The number of ether oxygens (including phenoxy) is 1. The highest BCUT2D eigenvalue weighted by Gasteiger charge is 2.25. The third kappa shape index (κ3) is 4.42. The molecule has 0 aromatic heterocycles. The maximum atomic E-state index is 13.6. The second kappa shape index (κ2) is 7.75. The van der Waals surface area contributed by atoms with E-state index in [0.717, 1.165) is 58.8 Å². The van der Waals surface area contributed by atoms with Crippen LogP contribution in [0.2, 0.25) is 0 Å². The van der Waals surface area contributed by atoms with Crippen LogP contribution in [-0.2, 0) is 4.74 Å². The topological polar surface area (TPSA) is 44.8 Å². The van der Waals surface area contributed by atoms with Gasteiger partial charge in [-0.05, 0) is 30.9 Å². The van der Waals surface area contributed by atoms with E-state index in [1.165, 1.54) is 6.07 Å².